The van der Waals surface area contributed by atoms with Gasteiger partial charge < -0.3 is 19.5 Å². The summed E-state index contributed by atoms with van der Waals surface area (Å²) in [5.41, 5.74) is -1.06. The van der Waals surface area contributed by atoms with E-state index in [1.54, 1.807) is 4.90 Å². The molecule has 5 nitrogen and oxygen atoms in total. The Kier molecular flexibility index (Phi) is 4.00. The maximum absolute atomic E-state index is 12.3. The number of aliphatic hydroxyl groups is 1. The molecule has 0 saturated carbocycles. The predicted molar refractivity (Wildman–Crippen MR) is 77.6 cm³/mol. The third-order valence-electron chi connectivity index (χ3n) is 4.54. The van der Waals surface area contributed by atoms with E-state index in [1.807, 2.05) is 6.92 Å². The molecule has 1 aromatic carbocycles. The van der Waals surface area contributed by atoms with E-state index < -0.39 is 17.6 Å². The van der Waals surface area contributed by atoms with Crippen molar-refractivity contribution in [2.24, 2.45) is 0 Å². The zero-order chi connectivity index (χ0) is 17.6. The number of amides is 1. The predicted octanol–water partition coefficient (Wildman–Crippen LogP) is 2.34. The van der Waals surface area contributed by atoms with Crippen LogP contribution in [0.25, 0.3) is 0 Å². The first-order chi connectivity index (χ1) is 11.1. The summed E-state index contributed by atoms with van der Waals surface area (Å²) < 4.78 is 45.8. The van der Waals surface area contributed by atoms with Gasteiger partial charge in [-0.15, -0.1) is 13.2 Å². The molecular weight excluding hydrogens is 327 g/mol. The van der Waals surface area contributed by atoms with E-state index >= 15 is 0 Å². The molecule has 0 aliphatic carbocycles. The first-order valence-electron chi connectivity index (χ1n) is 7.65. The van der Waals surface area contributed by atoms with E-state index in [0.717, 1.165) is 12.1 Å². The van der Waals surface area contributed by atoms with Gasteiger partial charge in [-0.05, 0) is 30.7 Å². The molecule has 24 heavy (non-hydrogen) atoms. The largest absolute Gasteiger partial charge is 0.573 e. The van der Waals surface area contributed by atoms with Crippen molar-refractivity contribution in [3.8, 4) is 5.75 Å². The topological polar surface area (TPSA) is 59.0 Å². The summed E-state index contributed by atoms with van der Waals surface area (Å²) in [6.45, 7) is 2.88. The molecule has 0 radical (unpaired) electrons. The van der Waals surface area contributed by atoms with Gasteiger partial charge >= 0.3 is 6.36 Å². The average Bonchev–Trinajstić information content (AvgIpc) is 2.83. The minimum Gasteiger partial charge on any atom is -0.406 e. The fraction of sp³-hybridized carbons (Fsp3) is 0.562. The van der Waals surface area contributed by atoms with Gasteiger partial charge in [-0.1, -0.05) is 6.92 Å². The van der Waals surface area contributed by atoms with Crippen molar-refractivity contribution < 1.29 is 32.5 Å². The zero-order valence-corrected chi connectivity index (χ0v) is 13.1. The van der Waals surface area contributed by atoms with E-state index in [4.69, 9.17) is 4.74 Å². The third-order valence-corrected chi connectivity index (χ3v) is 4.54. The smallest absolute Gasteiger partial charge is 0.406 e. The van der Waals surface area contributed by atoms with Crippen molar-refractivity contribution in [1.82, 2.24) is 4.90 Å². The molecule has 2 aliphatic rings. The summed E-state index contributed by atoms with van der Waals surface area (Å²) in [6, 6.07) is 4.81. The maximum Gasteiger partial charge on any atom is 0.573 e. The van der Waals surface area contributed by atoms with E-state index in [2.05, 4.69) is 4.74 Å². The lowest BCUT2D eigenvalue weighted by atomic mass is 9.83. The molecule has 1 unspecified atom stereocenters. The fourth-order valence-corrected chi connectivity index (χ4v) is 3.19. The lowest BCUT2D eigenvalue weighted by molar-refractivity contribution is -0.274. The fourth-order valence-electron chi connectivity index (χ4n) is 3.19. The number of carbonyl (C=O) groups excluding carboxylic acids is 1. The van der Waals surface area contributed by atoms with Crippen LogP contribution in [0.1, 0.15) is 30.1 Å². The van der Waals surface area contributed by atoms with Crippen LogP contribution in [0.3, 0.4) is 0 Å². The lowest BCUT2D eigenvalue weighted by Crippen LogP contribution is -2.63. The van der Waals surface area contributed by atoms with Crippen LogP contribution in [-0.4, -0.2) is 53.2 Å². The zero-order valence-electron chi connectivity index (χ0n) is 13.1. The summed E-state index contributed by atoms with van der Waals surface area (Å²) in [7, 11) is 0. The Hall–Kier alpha value is -1.80. The molecule has 1 spiro atoms. The number of halogens is 3. The van der Waals surface area contributed by atoms with Crippen molar-refractivity contribution in [2.75, 3.05) is 19.7 Å². The Labute approximate surface area is 137 Å². The molecule has 0 bridgehead atoms. The molecule has 1 N–H and O–H groups in total. The van der Waals surface area contributed by atoms with Gasteiger partial charge in [-0.3, -0.25) is 4.79 Å². The van der Waals surface area contributed by atoms with Crippen LogP contribution >= 0.6 is 0 Å². The van der Waals surface area contributed by atoms with Crippen LogP contribution in [0, 0.1) is 0 Å². The van der Waals surface area contributed by atoms with Gasteiger partial charge in [-0.2, -0.15) is 0 Å². The number of benzene rings is 1. The SMILES string of the molecule is CCC1(O)COC2(CN(C(=O)c3ccc(OC(F)(F)F)cc3)C2)C1. The highest BCUT2D eigenvalue weighted by atomic mass is 19.4. The second kappa shape index (κ2) is 5.63. The number of rotatable bonds is 3. The van der Waals surface area contributed by atoms with E-state index in [0.29, 0.717) is 25.9 Å². The molecule has 2 heterocycles. The van der Waals surface area contributed by atoms with E-state index in [-0.39, 0.29) is 23.8 Å². The van der Waals surface area contributed by atoms with Crippen molar-refractivity contribution in [3.63, 3.8) is 0 Å². The van der Waals surface area contributed by atoms with Crippen LogP contribution in [0.5, 0.6) is 5.75 Å². The standard InChI is InChI=1S/C16H18F3NO4/c1-2-14(22)7-15(23-10-14)8-20(9-15)13(21)11-3-5-12(6-4-11)24-16(17,18)19/h3-6,22H,2,7-10H2,1H3. The van der Waals surface area contributed by atoms with Gasteiger partial charge in [0, 0.05) is 12.0 Å². The van der Waals surface area contributed by atoms with Gasteiger partial charge in [0.25, 0.3) is 5.91 Å². The van der Waals surface area contributed by atoms with E-state index in [1.165, 1.54) is 12.1 Å². The summed E-state index contributed by atoms with van der Waals surface area (Å²) >= 11 is 0. The van der Waals surface area contributed by atoms with Crippen LogP contribution in [-0.2, 0) is 4.74 Å². The number of ether oxygens (including phenoxy) is 2. The molecule has 132 valence electrons. The highest BCUT2D eigenvalue weighted by molar-refractivity contribution is 5.95. The van der Waals surface area contributed by atoms with Gasteiger partial charge in [0.05, 0.1) is 25.3 Å². The molecule has 2 fully saturated rings. The molecule has 1 aromatic rings. The molecule has 2 aliphatic heterocycles. The molecular formula is C16H18F3NO4. The second-order valence-corrected chi connectivity index (χ2v) is 6.46. The Morgan fingerprint density at radius 3 is 2.46 bits per heavy atom. The molecule has 0 aromatic heterocycles. The Bertz CT molecular complexity index is 625. The highest BCUT2D eigenvalue weighted by Gasteiger charge is 2.55. The quantitative estimate of drug-likeness (QED) is 0.914. The maximum atomic E-state index is 12.3. The van der Waals surface area contributed by atoms with Crippen LogP contribution in [0.4, 0.5) is 13.2 Å². The Balaban J connectivity index is 1.59. The normalized spacial score (nSPS) is 25.6. The molecule has 8 heteroatoms. The minimum absolute atomic E-state index is 0.259. The summed E-state index contributed by atoms with van der Waals surface area (Å²) in [4.78, 5) is 13.9. The first-order valence-corrected chi connectivity index (χ1v) is 7.65. The van der Waals surface area contributed by atoms with E-state index in [9.17, 15) is 23.1 Å². The number of alkyl halides is 3. The van der Waals surface area contributed by atoms with Gasteiger partial charge in [0.2, 0.25) is 0 Å². The number of hydrogen-bond donors (Lipinski definition) is 1. The van der Waals surface area contributed by atoms with Crippen molar-refractivity contribution in [2.45, 2.75) is 37.3 Å². The Morgan fingerprint density at radius 1 is 1.33 bits per heavy atom. The van der Waals surface area contributed by atoms with Crippen LogP contribution in [0.15, 0.2) is 24.3 Å². The van der Waals surface area contributed by atoms with Gasteiger partial charge in [0.1, 0.15) is 11.4 Å². The van der Waals surface area contributed by atoms with Crippen molar-refractivity contribution in [3.05, 3.63) is 29.8 Å². The average molecular weight is 345 g/mol. The highest BCUT2D eigenvalue weighted by Crippen LogP contribution is 2.41. The summed E-state index contributed by atoms with van der Waals surface area (Å²) in [6.07, 6.45) is -3.69. The number of nitrogens with zero attached hydrogens (tertiary/aromatic N) is 1. The molecule has 1 amide bonds. The lowest BCUT2D eigenvalue weighted by Gasteiger charge is -2.47. The van der Waals surface area contributed by atoms with Crippen LogP contribution < -0.4 is 4.74 Å². The van der Waals surface area contributed by atoms with Crippen LogP contribution in [0.2, 0.25) is 0 Å². The third kappa shape index (κ3) is 3.34. The molecule has 1 atom stereocenters. The number of carbonyl (C=O) groups is 1. The molecule has 3 rings (SSSR count). The monoisotopic (exact) mass is 345 g/mol. The number of hydrogen-bond acceptors (Lipinski definition) is 4. The van der Waals surface area contributed by atoms with Gasteiger partial charge in [-0.25, -0.2) is 0 Å². The minimum atomic E-state index is -4.76. The number of likely N-dealkylation sites (tertiary alicyclic amines) is 1. The van der Waals surface area contributed by atoms with Crippen molar-refractivity contribution >= 4 is 5.91 Å². The van der Waals surface area contributed by atoms with Gasteiger partial charge in [0.15, 0.2) is 0 Å². The summed E-state index contributed by atoms with van der Waals surface area (Å²) in [5, 5.41) is 10.2. The first kappa shape index (κ1) is 17.0. The second-order valence-electron chi connectivity index (χ2n) is 6.46. The van der Waals surface area contributed by atoms with Crippen molar-refractivity contribution in [1.29, 1.82) is 0 Å². The summed E-state index contributed by atoms with van der Waals surface area (Å²) in [5.74, 6) is -0.652. The Morgan fingerprint density at radius 2 is 1.96 bits per heavy atom. The molecule has 2 saturated heterocycles.